The zero-order chi connectivity index (χ0) is 13.1. The van der Waals surface area contributed by atoms with E-state index in [2.05, 4.69) is 26.3 Å². The Morgan fingerprint density at radius 1 is 0.750 bits per heavy atom. The minimum atomic E-state index is 0. The smallest absolute Gasteiger partial charge is 0.0398 e. The van der Waals surface area contributed by atoms with Gasteiger partial charge in [0.05, 0.1) is 0 Å². The number of rotatable bonds is 3. The molecule has 0 heteroatoms. The maximum Gasteiger partial charge on any atom is -0.0398 e. The lowest BCUT2D eigenvalue weighted by atomic mass is 10.3. The lowest BCUT2D eigenvalue weighted by molar-refractivity contribution is 1.50. The van der Waals surface area contributed by atoms with Gasteiger partial charge in [0.15, 0.2) is 0 Å². The van der Waals surface area contributed by atoms with Crippen LogP contribution in [-0.4, -0.2) is 0 Å². The largest absolute Gasteiger partial charge is 0.0991 e. The maximum absolute atomic E-state index is 3.56. The highest BCUT2D eigenvalue weighted by Crippen LogP contribution is 1.90. The first-order valence-electron chi connectivity index (χ1n) is 5.38. The second kappa shape index (κ2) is 49.2. The van der Waals surface area contributed by atoms with E-state index >= 15 is 0 Å². The van der Waals surface area contributed by atoms with Gasteiger partial charge < -0.3 is 0 Å². The predicted octanol–water partition coefficient (Wildman–Crippen LogP) is 6.35. The summed E-state index contributed by atoms with van der Waals surface area (Å²) in [5, 5.41) is 0. The molecule has 0 nitrogen and oxygen atoms in total. The highest BCUT2D eigenvalue weighted by molar-refractivity contribution is 5.17. The maximum atomic E-state index is 3.56. The van der Waals surface area contributed by atoms with Crippen molar-refractivity contribution >= 4 is 0 Å². The molecule has 0 saturated carbocycles. The quantitative estimate of drug-likeness (QED) is 0.490. The van der Waals surface area contributed by atoms with Crippen LogP contribution < -0.4 is 0 Å². The van der Waals surface area contributed by atoms with Crippen LogP contribution in [0.2, 0.25) is 0 Å². The van der Waals surface area contributed by atoms with E-state index in [-0.39, 0.29) is 7.43 Å². The molecule has 0 unspecified atom stereocenters. The Balaban J connectivity index is -0.0000000388. The molecule has 0 bridgehead atoms. The summed E-state index contributed by atoms with van der Waals surface area (Å²) in [6.07, 6.45) is 8.73. The summed E-state index contributed by atoms with van der Waals surface area (Å²) < 4.78 is 0. The highest BCUT2D eigenvalue weighted by atomic mass is 13.8. The monoisotopic (exact) mass is 224 g/mol. The van der Waals surface area contributed by atoms with E-state index in [1.54, 1.807) is 24.3 Å². The Labute approximate surface area is 105 Å². The Hall–Kier alpha value is -1.30. The Morgan fingerprint density at radius 3 is 1.12 bits per heavy atom. The van der Waals surface area contributed by atoms with Crippen LogP contribution in [0.3, 0.4) is 0 Å². The van der Waals surface area contributed by atoms with Crippen molar-refractivity contribution in [3.05, 3.63) is 62.3 Å². The zero-order valence-electron chi connectivity index (χ0n) is 11.2. The van der Waals surface area contributed by atoms with Crippen molar-refractivity contribution < 1.29 is 0 Å². The third kappa shape index (κ3) is 78.7. The molecule has 0 fully saturated rings. The summed E-state index contributed by atoms with van der Waals surface area (Å²) in [4.78, 5) is 0. The first-order chi connectivity index (χ1) is 7.22. The zero-order valence-corrected chi connectivity index (χ0v) is 11.2. The molecule has 0 aliphatic carbocycles. The fourth-order valence-electron chi connectivity index (χ4n) is 0.254. The molecule has 0 saturated heterocycles. The molecule has 0 heterocycles. The van der Waals surface area contributed by atoms with Crippen LogP contribution in [0.25, 0.3) is 0 Å². The van der Waals surface area contributed by atoms with Crippen LogP contribution in [-0.2, 0) is 0 Å². The van der Waals surface area contributed by atoms with E-state index in [1.807, 2.05) is 40.7 Å². The first kappa shape index (κ1) is 29.3. The molecule has 0 aromatic heterocycles. The van der Waals surface area contributed by atoms with Crippen molar-refractivity contribution in [3.63, 3.8) is 0 Å². The summed E-state index contributed by atoms with van der Waals surface area (Å²) in [6.45, 7) is 23.8. The van der Waals surface area contributed by atoms with Gasteiger partial charge in [-0.25, -0.2) is 0 Å². The summed E-state index contributed by atoms with van der Waals surface area (Å²) >= 11 is 0. The van der Waals surface area contributed by atoms with E-state index in [0.29, 0.717) is 0 Å². The van der Waals surface area contributed by atoms with Gasteiger partial charge in [-0.15, -0.1) is 0 Å². The van der Waals surface area contributed by atoms with Gasteiger partial charge in [0.2, 0.25) is 0 Å². The Morgan fingerprint density at radius 2 is 1.06 bits per heavy atom. The van der Waals surface area contributed by atoms with Crippen LogP contribution in [0, 0.1) is 0 Å². The Kier molecular flexibility index (Phi) is 90.2. The minimum Gasteiger partial charge on any atom is -0.0991 e. The molecule has 0 aromatic carbocycles. The van der Waals surface area contributed by atoms with Gasteiger partial charge in [-0.2, -0.15) is 0 Å². The molecule has 0 atom stereocenters. The highest BCUT2D eigenvalue weighted by Gasteiger charge is 1.68. The van der Waals surface area contributed by atoms with Gasteiger partial charge >= 0.3 is 0 Å². The Bertz CT molecular complexity index is 153. The molecule has 0 aliphatic rings. The van der Waals surface area contributed by atoms with E-state index in [1.165, 1.54) is 0 Å². The van der Waals surface area contributed by atoms with Crippen LogP contribution in [0.15, 0.2) is 62.3 Å². The molecule has 16 heavy (non-hydrogen) atoms. The molecule has 0 N–H and O–H groups in total. The summed E-state index contributed by atoms with van der Waals surface area (Å²) in [6, 6.07) is 0. The van der Waals surface area contributed by atoms with Gasteiger partial charge in [0, 0.05) is 0 Å². The lowest BCUT2D eigenvalue weighted by Crippen LogP contribution is -1.58. The first-order valence-corrected chi connectivity index (χ1v) is 5.38. The van der Waals surface area contributed by atoms with E-state index in [0.717, 1.165) is 5.57 Å². The summed E-state index contributed by atoms with van der Waals surface area (Å²) in [5.74, 6) is 0. The van der Waals surface area contributed by atoms with Crippen LogP contribution >= 0.6 is 0 Å². The molecular formula is C16H32. The normalized spacial score (nSPS) is 6.69. The fourth-order valence-corrected chi connectivity index (χ4v) is 0.254. The molecule has 0 aromatic rings. The SMILES string of the molecule is C.C=C/C=C(/C)C=C.C=CC=C.CC.CC. The molecule has 0 amide bonds. The van der Waals surface area contributed by atoms with Crippen molar-refractivity contribution in [2.75, 3.05) is 0 Å². The second-order valence-corrected chi connectivity index (χ2v) is 1.82. The number of hydrogen-bond donors (Lipinski definition) is 0. The van der Waals surface area contributed by atoms with Gasteiger partial charge in [-0.3, -0.25) is 0 Å². The lowest BCUT2D eigenvalue weighted by Gasteiger charge is -1.80. The molecule has 0 spiro atoms. The van der Waals surface area contributed by atoms with E-state index in [4.69, 9.17) is 0 Å². The third-order valence-corrected chi connectivity index (χ3v) is 0.869. The molecular weight excluding hydrogens is 192 g/mol. The predicted molar refractivity (Wildman–Crippen MR) is 84.0 cm³/mol. The van der Waals surface area contributed by atoms with Gasteiger partial charge in [-0.05, 0) is 6.92 Å². The molecule has 96 valence electrons. The van der Waals surface area contributed by atoms with E-state index < -0.39 is 0 Å². The van der Waals surface area contributed by atoms with Gasteiger partial charge in [0.25, 0.3) is 0 Å². The summed E-state index contributed by atoms with van der Waals surface area (Å²) in [5.41, 5.74) is 1.15. The van der Waals surface area contributed by atoms with Crippen LogP contribution in [0.4, 0.5) is 0 Å². The van der Waals surface area contributed by atoms with Crippen molar-refractivity contribution in [3.8, 4) is 0 Å². The van der Waals surface area contributed by atoms with Gasteiger partial charge in [-0.1, -0.05) is 97.4 Å². The van der Waals surface area contributed by atoms with Crippen molar-refractivity contribution in [1.82, 2.24) is 0 Å². The van der Waals surface area contributed by atoms with Gasteiger partial charge in [0.1, 0.15) is 0 Å². The standard InChI is InChI=1S/C7H10.C4H6.2C2H6.CH4/c1-4-6-7(3)5-2;1-3-4-2;2*1-2;/h4-6H,1-2H2,3H3;3-4H,1-2H2;2*1-2H3;1H4/b7-6-;;;;. The topological polar surface area (TPSA) is 0 Å². The van der Waals surface area contributed by atoms with E-state index in [9.17, 15) is 0 Å². The minimum absolute atomic E-state index is 0. The van der Waals surface area contributed by atoms with Crippen molar-refractivity contribution in [2.45, 2.75) is 42.0 Å². The average molecular weight is 224 g/mol. The number of allylic oxidation sites excluding steroid dienone is 6. The van der Waals surface area contributed by atoms with Crippen LogP contribution in [0.1, 0.15) is 42.0 Å². The number of hydrogen-bond acceptors (Lipinski definition) is 0. The third-order valence-electron chi connectivity index (χ3n) is 0.869. The van der Waals surface area contributed by atoms with Crippen molar-refractivity contribution in [1.29, 1.82) is 0 Å². The van der Waals surface area contributed by atoms with Crippen LogP contribution in [0.5, 0.6) is 0 Å². The molecule has 0 rings (SSSR count). The van der Waals surface area contributed by atoms with Crippen molar-refractivity contribution in [2.24, 2.45) is 0 Å². The summed E-state index contributed by atoms with van der Waals surface area (Å²) in [7, 11) is 0. The molecule has 0 radical (unpaired) electrons. The second-order valence-electron chi connectivity index (χ2n) is 1.82. The average Bonchev–Trinajstić information content (AvgIpc) is 2.34. The molecule has 0 aliphatic heterocycles. The fraction of sp³-hybridized carbons (Fsp3) is 0.375.